The Morgan fingerprint density at radius 3 is 2.82 bits per heavy atom. The van der Waals surface area contributed by atoms with Crippen LogP contribution in [0.5, 0.6) is 0 Å². The highest BCUT2D eigenvalue weighted by Crippen LogP contribution is 2.51. The quantitative estimate of drug-likeness (QED) is 0.453. The second-order valence-electron chi connectivity index (χ2n) is 6.40. The Morgan fingerprint density at radius 2 is 2.18 bits per heavy atom. The topological polar surface area (TPSA) is 72.8 Å². The molecule has 3 rings (SSSR count). The number of fused-ring (bicyclic) bond motifs is 3. The van der Waals surface area contributed by atoms with Crippen LogP contribution in [0, 0.1) is 11.8 Å². The van der Waals surface area contributed by atoms with E-state index in [4.69, 9.17) is 9.47 Å². The summed E-state index contributed by atoms with van der Waals surface area (Å²) < 4.78 is 10.9. The molecule has 1 N–H and O–H groups in total. The van der Waals surface area contributed by atoms with Gasteiger partial charge >= 0.3 is 11.9 Å². The lowest BCUT2D eigenvalue weighted by atomic mass is 9.76. The van der Waals surface area contributed by atoms with Crippen LogP contribution in [0.4, 0.5) is 0 Å². The van der Waals surface area contributed by atoms with Gasteiger partial charge in [0.1, 0.15) is 12.2 Å². The van der Waals surface area contributed by atoms with Gasteiger partial charge in [0.05, 0.1) is 17.4 Å². The van der Waals surface area contributed by atoms with Crippen LogP contribution < -0.4 is 0 Å². The van der Waals surface area contributed by atoms with Gasteiger partial charge in [0, 0.05) is 12.5 Å². The SMILES string of the molecule is C=C1C(=O)O[C@H]2[C@H]1[C@@H](OC(C)=O)C=C(C)[C@]1(O)CC=C(C)[C@H]21. The van der Waals surface area contributed by atoms with Crippen molar-refractivity contribution in [1.82, 2.24) is 0 Å². The van der Waals surface area contributed by atoms with Crippen LogP contribution >= 0.6 is 0 Å². The summed E-state index contributed by atoms with van der Waals surface area (Å²) in [6.07, 6.45) is 2.95. The standard InChI is InChI=1S/C17H20O5/c1-8-5-6-17(20)9(2)7-12(21-11(4)18)13-10(3)16(19)22-15(13)14(8)17/h5,7,12-15,20H,3,6H2,1-2,4H3/t12-,13+,14+,15-,17+/m0/s1. The third-order valence-corrected chi connectivity index (χ3v) is 5.08. The maximum atomic E-state index is 12.0. The predicted molar refractivity (Wildman–Crippen MR) is 78.6 cm³/mol. The second kappa shape index (κ2) is 4.81. The Morgan fingerprint density at radius 1 is 1.50 bits per heavy atom. The molecule has 0 aromatic heterocycles. The molecule has 0 aromatic carbocycles. The zero-order valence-electron chi connectivity index (χ0n) is 13.0. The Hall–Kier alpha value is -1.88. The van der Waals surface area contributed by atoms with Gasteiger partial charge in [-0.25, -0.2) is 4.79 Å². The van der Waals surface area contributed by atoms with Gasteiger partial charge in [-0.05, 0) is 31.9 Å². The Labute approximate surface area is 129 Å². The van der Waals surface area contributed by atoms with Gasteiger partial charge in [0.15, 0.2) is 0 Å². The van der Waals surface area contributed by atoms with E-state index in [0.29, 0.717) is 12.0 Å². The van der Waals surface area contributed by atoms with Crippen molar-refractivity contribution in [3.8, 4) is 0 Å². The number of hydrogen-bond acceptors (Lipinski definition) is 5. The molecule has 1 heterocycles. The molecule has 0 bridgehead atoms. The first-order valence-corrected chi connectivity index (χ1v) is 7.40. The smallest absolute Gasteiger partial charge is 0.334 e. The summed E-state index contributed by atoms with van der Waals surface area (Å²) >= 11 is 0. The maximum Gasteiger partial charge on any atom is 0.334 e. The Kier molecular flexibility index (Phi) is 3.29. The zero-order valence-corrected chi connectivity index (χ0v) is 13.0. The van der Waals surface area contributed by atoms with Crippen molar-refractivity contribution in [3.63, 3.8) is 0 Å². The number of rotatable bonds is 1. The van der Waals surface area contributed by atoms with E-state index < -0.39 is 35.7 Å². The molecule has 5 atom stereocenters. The van der Waals surface area contributed by atoms with E-state index in [1.807, 2.05) is 19.9 Å². The largest absolute Gasteiger partial charge is 0.457 e. The second-order valence-corrected chi connectivity index (χ2v) is 6.40. The van der Waals surface area contributed by atoms with E-state index in [0.717, 1.165) is 11.1 Å². The predicted octanol–water partition coefficient (Wildman–Crippen LogP) is 1.67. The number of esters is 2. The molecule has 0 unspecified atom stereocenters. The van der Waals surface area contributed by atoms with Gasteiger partial charge < -0.3 is 14.6 Å². The summed E-state index contributed by atoms with van der Waals surface area (Å²) in [5.74, 6) is -1.72. The first kappa shape index (κ1) is 15.0. The zero-order chi connectivity index (χ0) is 16.2. The molecule has 1 saturated heterocycles. The molecule has 5 heteroatoms. The van der Waals surface area contributed by atoms with Crippen molar-refractivity contribution in [1.29, 1.82) is 0 Å². The van der Waals surface area contributed by atoms with E-state index in [9.17, 15) is 14.7 Å². The van der Waals surface area contributed by atoms with Gasteiger partial charge in [0.2, 0.25) is 0 Å². The summed E-state index contributed by atoms with van der Waals surface area (Å²) in [4.78, 5) is 23.4. The molecule has 2 aliphatic carbocycles. The average Bonchev–Trinajstić information content (AvgIpc) is 2.84. The molecule has 0 radical (unpaired) electrons. The Balaban J connectivity index is 2.12. The highest BCUT2D eigenvalue weighted by atomic mass is 16.6. The minimum absolute atomic E-state index is 0.296. The number of aliphatic hydroxyl groups is 1. The molecule has 0 amide bonds. The lowest BCUT2D eigenvalue weighted by molar-refractivity contribution is -0.148. The van der Waals surface area contributed by atoms with Crippen LogP contribution in [0.2, 0.25) is 0 Å². The molecule has 0 saturated carbocycles. The summed E-state index contributed by atoms with van der Waals surface area (Å²) in [5, 5.41) is 11.1. The third kappa shape index (κ3) is 1.96. The highest BCUT2D eigenvalue weighted by molar-refractivity contribution is 5.91. The van der Waals surface area contributed by atoms with Crippen molar-refractivity contribution in [2.75, 3.05) is 0 Å². The first-order chi connectivity index (χ1) is 10.3. The van der Waals surface area contributed by atoms with Crippen molar-refractivity contribution in [2.24, 2.45) is 11.8 Å². The minimum Gasteiger partial charge on any atom is -0.457 e. The fraction of sp³-hybridized carbons (Fsp3) is 0.529. The maximum absolute atomic E-state index is 12.0. The first-order valence-electron chi connectivity index (χ1n) is 7.40. The molecule has 118 valence electrons. The van der Waals surface area contributed by atoms with Crippen LogP contribution in [0.3, 0.4) is 0 Å². The van der Waals surface area contributed by atoms with Crippen molar-refractivity contribution in [2.45, 2.75) is 45.0 Å². The molecular formula is C17H20O5. The lowest BCUT2D eigenvalue weighted by Crippen LogP contribution is -2.44. The molecule has 22 heavy (non-hydrogen) atoms. The van der Waals surface area contributed by atoms with Crippen molar-refractivity contribution < 1.29 is 24.2 Å². The molecule has 0 aromatic rings. The average molecular weight is 304 g/mol. The normalized spacial score (nSPS) is 40.2. The van der Waals surface area contributed by atoms with Crippen LogP contribution in [0.25, 0.3) is 0 Å². The van der Waals surface area contributed by atoms with Crippen molar-refractivity contribution >= 4 is 11.9 Å². The van der Waals surface area contributed by atoms with E-state index >= 15 is 0 Å². The van der Waals surface area contributed by atoms with Crippen LogP contribution in [-0.4, -0.2) is 34.9 Å². The van der Waals surface area contributed by atoms with Gasteiger partial charge in [-0.1, -0.05) is 18.2 Å². The fourth-order valence-corrected chi connectivity index (χ4v) is 3.95. The Bertz CT molecular complexity index is 629. The minimum atomic E-state index is -1.10. The van der Waals surface area contributed by atoms with E-state index in [-0.39, 0.29) is 5.92 Å². The van der Waals surface area contributed by atoms with Crippen LogP contribution in [-0.2, 0) is 19.1 Å². The van der Waals surface area contributed by atoms with E-state index in [1.54, 1.807) is 6.08 Å². The van der Waals surface area contributed by atoms with Crippen molar-refractivity contribution in [3.05, 3.63) is 35.5 Å². The van der Waals surface area contributed by atoms with E-state index in [2.05, 4.69) is 6.58 Å². The highest BCUT2D eigenvalue weighted by Gasteiger charge is 2.58. The molecular weight excluding hydrogens is 284 g/mol. The number of ether oxygens (including phenoxy) is 2. The lowest BCUT2D eigenvalue weighted by Gasteiger charge is -2.35. The number of carbonyl (C=O) groups is 2. The monoisotopic (exact) mass is 304 g/mol. The molecule has 3 aliphatic rings. The molecule has 1 aliphatic heterocycles. The molecule has 1 fully saturated rings. The van der Waals surface area contributed by atoms with Gasteiger partial charge in [-0.3, -0.25) is 4.79 Å². The van der Waals surface area contributed by atoms with Gasteiger partial charge in [-0.2, -0.15) is 0 Å². The summed E-state index contributed by atoms with van der Waals surface area (Å²) in [6, 6.07) is 0. The van der Waals surface area contributed by atoms with Crippen LogP contribution in [0.15, 0.2) is 35.5 Å². The summed E-state index contributed by atoms with van der Waals surface area (Å²) in [5.41, 5.74) is 0.905. The van der Waals surface area contributed by atoms with Gasteiger partial charge in [-0.15, -0.1) is 0 Å². The number of hydrogen-bond donors (Lipinski definition) is 1. The van der Waals surface area contributed by atoms with Gasteiger partial charge in [0.25, 0.3) is 0 Å². The summed E-state index contributed by atoms with van der Waals surface area (Å²) in [7, 11) is 0. The molecule has 5 nitrogen and oxygen atoms in total. The van der Waals surface area contributed by atoms with Crippen LogP contribution in [0.1, 0.15) is 27.2 Å². The van der Waals surface area contributed by atoms with E-state index in [1.165, 1.54) is 6.92 Å². The fourth-order valence-electron chi connectivity index (χ4n) is 3.95. The summed E-state index contributed by atoms with van der Waals surface area (Å²) in [6.45, 7) is 8.88. The third-order valence-electron chi connectivity index (χ3n) is 5.08. The molecule has 0 spiro atoms. The number of carbonyl (C=O) groups excluding carboxylic acids is 2.